The number of hydrogen-bond donors (Lipinski definition) is 1. The van der Waals surface area contributed by atoms with Gasteiger partial charge in [-0.05, 0) is 35.9 Å². The normalized spacial score (nSPS) is 11.4. The van der Waals surface area contributed by atoms with E-state index in [0.29, 0.717) is 23.0 Å². The summed E-state index contributed by atoms with van der Waals surface area (Å²) in [6, 6.07) is 20.5. The van der Waals surface area contributed by atoms with E-state index in [2.05, 4.69) is 15.5 Å². The molecular weight excluding hydrogens is 468 g/mol. The Hall–Kier alpha value is -4.02. The minimum Gasteiger partial charge on any atom is -0.495 e. The number of methoxy groups -OCH3 is 1. The van der Waals surface area contributed by atoms with Gasteiger partial charge in [-0.1, -0.05) is 47.6 Å². The van der Waals surface area contributed by atoms with Gasteiger partial charge >= 0.3 is 0 Å². The summed E-state index contributed by atoms with van der Waals surface area (Å²) in [4.78, 5) is 17.2. The Bertz CT molecular complexity index is 1450. The average Bonchev–Trinajstić information content (AvgIpc) is 3.30. The first-order valence-electron chi connectivity index (χ1n) is 10.7. The second kappa shape index (κ2) is 10.1. The fourth-order valence-corrected chi connectivity index (χ4v) is 4.84. The molecule has 3 aromatic carbocycles. The molecule has 1 heterocycles. The molecule has 1 N–H and O–H groups in total. The number of aromatic nitrogens is 2. The van der Waals surface area contributed by atoms with Crippen molar-refractivity contribution in [3.63, 3.8) is 0 Å². The minimum absolute atomic E-state index is 0.104. The first kappa shape index (κ1) is 24.1. The lowest BCUT2D eigenvalue weighted by molar-refractivity contribution is 0.102. The highest BCUT2D eigenvalue weighted by Gasteiger charge is 2.26. The van der Waals surface area contributed by atoms with Crippen LogP contribution in [0.4, 0.5) is 5.69 Å². The van der Waals surface area contributed by atoms with Crippen LogP contribution in [-0.2, 0) is 16.6 Å². The van der Waals surface area contributed by atoms with Crippen molar-refractivity contribution in [2.75, 3.05) is 19.5 Å². The van der Waals surface area contributed by atoms with Gasteiger partial charge in [-0.2, -0.15) is 9.29 Å². The maximum atomic E-state index is 13.4. The van der Waals surface area contributed by atoms with Gasteiger partial charge in [-0.3, -0.25) is 4.79 Å². The number of benzene rings is 3. The maximum absolute atomic E-state index is 13.4. The third kappa shape index (κ3) is 5.23. The summed E-state index contributed by atoms with van der Waals surface area (Å²) in [6.07, 6.45) is 0. The minimum atomic E-state index is -3.96. The summed E-state index contributed by atoms with van der Waals surface area (Å²) in [7, 11) is -1.09. The summed E-state index contributed by atoms with van der Waals surface area (Å²) in [5.74, 6) is 0.372. The van der Waals surface area contributed by atoms with Gasteiger partial charge in [0.15, 0.2) is 0 Å². The van der Waals surface area contributed by atoms with E-state index in [-0.39, 0.29) is 22.8 Å². The van der Waals surface area contributed by atoms with Crippen molar-refractivity contribution in [3.8, 4) is 17.1 Å². The van der Waals surface area contributed by atoms with Gasteiger partial charge < -0.3 is 14.6 Å². The predicted octanol–water partition coefficient (Wildman–Crippen LogP) is 4.13. The SMILES string of the molecule is COc1ccc(C(=O)Nc2ccccc2-c2noc(C)n2)cc1S(=O)(=O)N(C)Cc1ccccc1. The van der Waals surface area contributed by atoms with Crippen LogP contribution in [0.25, 0.3) is 11.4 Å². The zero-order valence-corrected chi connectivity index (χ0v) is 20.2. The smallest absolute Gasteiger partial charge is 0.255 e. The highest BCUT2D eigenvalue weighted by molar-refractivity contribution is 7.89. The molecule has 0 aliphatic heterocycles. The van der Waals surface area contributed by atoms with Crippen molar-refractivity contribution in [3.05, 3.63) is 89.8 Å². The Morgan fingerprint density at radius 2 is 1.77 bits per heavy atom. The van der Waals surface area contributed by atoms with Crippen molar-refractivity contribution in [2.24, 2.45) is 0 Å². The average molecular weight is 493 g/mol. The number of amides is 1. The standard InChI is InChI=1S/C25H24N4O5S/c1-17-26-24(28-34-17)20-11-7-8-12-21(20)27-25(30)19-13-14-22(33-3)23(15-19)35(31,32)29(2)16-18-9-5-4-6-10-18/h4-15H,16H2,1-3H3,(H,27,30). The van der Waals surface area contributed by atoms with Crippen molar-refractivity contribution in [2.45, 2.75) is 18.4 Å². The Kier molecular flexibility index (Phi) is 6.94. The number of hydrogen-bond acceptors (Lipinski definition) is 7. The van der Waals surface area contributed by atoms with Crippen molar-refractivity contribution >= 4 is 21.6 Å². The van der Waals surface area contributed by atoms with Gasteiger partial charge in [0.1, 0.15) is 10.6 Å². The lowest BCUT2D eigenvalue weighted by atomic mass is 10.1. The van der Waals surface area contributed by atoms with E-state index in [1.807, 2.05) is 30.3 Å². The zero-order valence-electron chi connectivity index (χ0n) is 19.4. The summed E-state index contributed by atoms with van der Waals surface area (Å²) in [6.45, 7) is 1.84. The van der Waals surface area contributed by atoms with Crippen LogP contribution in [0, 0.1) is 6.92 Å². The zero-order chi connectivity index (χ0) is 25.0. The molecule has 35 heavy (non-hydrogen) atoms. The topological polar surface area (TPSA) is 115 Å². The number of rotatable bonds is 8. The molecule has 0 spiro atoms. The van der Waals surface area contributed by atoms with Gasteiger partial charge in [-0.15, -0.1) is 0 Å². The van der Waals surface area contributed by atoms with Crippen LogP contribution in [0.1, 0.15) is 21.8 Å². The van der Waals surface area contributed by atoms with Gasteiger partial charge in [0.2, 0.25) is 21.7 Å². The number of carbonyl (C=O) groups is 1. The van der Waals surface area contributed by atoms with Crippen molar-refractivity contribution in [1.29, 1.82) is 0 Å². The van der Waals surface area contributed by atoms with Crippen LogP contribution in [0.3, 0.4) is 0 Å². The maximum Gasteiger partial charge on any atom is 0.255 e. The molecule has 0 saturated carbocycles. The number of ether oxygens (including phenoxy) is 1. The van der Waals surface area contributed by atoms with Crippen molar-refractivity contribution in [1.82, 2.24) is 14.4 Å². The van der Waals surface area contributed by atoms with E-state index in [1.165, 1.54) is 36.7 Å². The first-order valence-corrected chi connectivity index (χ1v) is 12.1. The fourth-order valence-electron chi connectivity index (χ4n) is 3.50. The van der Waals surface area contributed by atoms with E-state index < -0.39 is 15.9 Å². The van der Waals surface area contributed by atoms with Crippen LogP contribution >= 0.6 is 0 Å². The van der Waals surface area contributed by atoms with E-state index in [9.17, 15) is 13.2 Å². The van der Waals surface area contributed by atoms with Crippen LogP contribution in [-0.4, -0.2) is 42.9 Å². The molecular formula is C25H24N4O5S. The molecule has 0 aliphatic carbocycles. The molecule has 180 valence electrons. The van der Waals surface area contributed by atoms with Crippen LogP contribution in [0.2, 0.25) is 0 Å². The van der Waals surface area contributed by atoms with Crippen LogP contribution < -0.4 is 10.1 Å². The van der Waals surface area contributed by atoms with E-state index in [1.54, 1.807) is 31.2 Å². The molecule has 4 aromatic rings. The number of nitrogens with one attached hydrogen (secondary N) is 1. The summed E-state index contributed by atoms with van der Waals surface area (Å²) in [5.41, 5.74) is 2.01. The van der Waals surface area contributed by atoms with Gasteiger partial charge in [0, 0.05) is 31.6 Å². The monoisotopic (exact) mass is 492 g/mol. The highest BCUT2D eigenvalue weighted by Crippen LogP contribution is 2.30. The van der Waals surface area contributed by atoms with E-state index in [0.717, 1.165) is 5.56 Å². The lowest BCUT2D eigenvalue weighted by Gasteiger charge is -2.19. The van der Waals surface area contributed by atoms with E-state index >= 15 is 0 Å². The summed E-state index contributed by atoms with van der Waals surface area (Å²) >= 11 is 0. The Balaban J connectivity index is 1.63. The Morgan fingerprint density at radius 3 is 2.46 bits per heavy atom. The number of nitrogens with zero attached hydrogens (tertiary/aromatic N) is 3. The highest BCUT2D eigenvalue weighted by atomic mass is 32.2. The van der Waals surface area contributed by atoms with Gasteiger partial charge in [0.05, 0.1) is 12.8 Å². The molecule has 9 nitrogen and oxygen atoms in total. The molecule has 0 radical (unpaired) electrons. The third-order valence-corrected chi connectivity index (χ3v) is 7.13. The molecule has 0 saturated heterocycles. The molecule has 0 aliphatic rings. The second-order valence-corrected chi connectivity index (χ2v) is 9.76. The Labute approximate surface area is 203 Å². The second-order valence-electron chi connectivity index (χ2n) is 7.75. The first-order chi connectivity index (χ1) is 16.8. The summed E-state index contributed by atoms with van der Waals surface area (Å²) < 4.78 is 38.3. The predicted molar refractivity (Wildman–Crippen MR) is 131 cm³/mol. The summed E-state index contributed by atoms with van der Waals surface area (Å²) in [5, 5.41) is 6.72. The molecule has 0 bridgehead atoms. The fraction of sp³-hybridized carbons (Fsp3) is 0.160. The van der Waals surface area contributed by atoms with E-state index in [4.69, 9.17) is 9.26 Å². The molecule has 1 aromatic heterocycles. The number of carbonyl (C=O) groups excluding carboxylic acids is 1. The van der Waals surface area contributed by atoms with Crippen molar-refractivity contribution < 1.29 is 22.5 Å². The van der Waals surface area contributed by atoms with Crippen LogP contribution in [0.5, 0.6) is 5.75 Å². The largest absolute Gasteiger partial charge is 0.495 e. The molecule has 10 heteroatoms. The number of sulfonamides is 1. The van der Waals surface area contributed by atoms with Crippen LogP contribution in [0.15, 0.2) is 82.2 Å². The quantitative estimate of drug-likeness (QED) is 0.393. The number of anilines is 1. The number of aryl methyl sites for hydroxylation is 1. The number of para-hydroxylation sites is 1. The molecule has 4 rings (SSSR count). The Morgan fingerprint density at radius 1 is 1.06 bits per heavy atom. The van der Waals surface area contributed by atoms with Gasteiger partial charge in [-0.25, -0.2) is 8.42 Å². The molecule has 1 amide bonds. The molecule has 0 atom stereocenters. The third-order valence-electron chi connectivity index (χ3n) is 5.31. The van der Waals surface area contributed by atoms with Gasteiger partial charge in [0.25, 0.3) is 5.91 Å². The lowest BCUT2D eigenvalue weighted by Crippen LogP contribution is -2.27. The molecule has 0 fully saturated rings. The molecule has 0 unspecified atom stereocenters.